The lowest BCUT2D eigenvalue weighted by atomic mass is 10.2. The predicted molar refractivity (Wildman–Crippen MR) is 125 cm³/mol. The second kappa shape index (κ2) is 9.77. The van der Waals surface area contributed by atoms with Crippen molar-refractivity contribution in [2.75, 3.05) is 30.9 Å². The topological polar surface area (TPSA) is 110 Å². The van der Waals surface area contributed by atoms with Crippen molar-refractivity contribution >= 4 is 54.9 Å². The molecule has 2 aromatic carbocycles. The fourth-order valence-corrected chi connectivity index (χ4v) is 4.81. The first-order chi connectivity index (χ1) is 15.6. The molecule has 3 N–H and O–H groups in total. The summed E-state index contributed by atoms with van der Waals surface area (Å²) in [4.78, 5) is 30.6. The quantitative estimate of drug-likeness (QED) is 0.261. The fourth-order valence-electron chi connectivity index (χ4n) is 2.78. The highest BCUT2D eigenvalue weighted by molar-refractivity contribution is 7.29. The van der Waals surface area contributed by atoms with Crippen LogP contribution in [0.4, 0.5) is 10.8 Å². The van der Waals surface area contributed by atoms with E-state index in [-0.39, 0.29) is 12.5 Å². The number of aromatic nitrogens is 1. The molecule has 0 saturated carbocycles. The van der Waals surface area contributed by atoms with E-state index in [1.165, 1.54) is 22.7 Å². The largest absolute Gasteiger partial charge is 0.497 e. The van der Waals surface area contributed by atoms with Crippen LogP contribution < -0.4 is 20.1 Å². The van der Waals surface area contributed by atoms with E-state index in [4.69, 9.17) is 14.6 Å². The first kappa shape index (κ1) is 21.8. The SMILES string of the molecule is COc1ccc(OC(=O)c2ccc(NC(=O)c3cc4sc(NCCO)nc4s3)cc2)cc1. The molecular weight excluding hydrogens is 450 g/mol. The van der Waals surface area contributed by atoms with Gasteiger partial charge in [0.2, 0.25) is 0 Å². The van der Waals surface area contributed by atoms with E-state index >= 15 is 0 Å². The summed E-state index contributed by atoms with van der Waals surface area (Å²) in [6.07, 6.45) is 0. The molecule has 8 nitrogen and oxygen atoms in total. The van der Waals surface area contributed by atoms with E-state index in [2.05, 4.69) is 15.6 Å². The number of hydrogen-bond acceptors (Lipinski definition) is 9. The Hall–Kier alpha value is -3.47. The molecule has 0 aliphatic carbocycles. The first-order valence-electron chi connectivity index (χ1n) is 9.58. The van der Waals surface area contributed by atoms with Gasteiger partial charge in [-0.05, 0) is 54.6 Å². The number of fused-ring (bicyclic) bond motifs is 1. The van der Waals surface area contributed by atoms with Crippen LogP contribution in [-0.4, -0.2) is 42.2 Å². The van der Waals surface area contributed by atoms with E-state index in [9.17, 15) is 9.59 Å². The summed E-state index contributed by atoms with van der Waals surface area (Å²) in [5.74, 6) is 0.334. The van der Waals surface area contributed by atoms with Crippen LogP contribution in [0.3, 0.4) is 0 Å². The maximum Gasteiger partial charge on any atom is 0.343 e. The van der Waals surface area contributed by atoms with Gasteiger partial charge in [-0.25, -0.2) is 9.78 Å². The monoisotopic (exact) mass is 469 g/mol. The standard InChI is InChI=1S/C22H19N3O5S2/c1-29-15-6-8-16(9-7-15)30-21(28)13-2-4-14(5-3-13)24-19(27)17-12-18-20(31-17)25-22(32-18)23-10-11-26/h2-9,12,26H,10-11H2,1H3,(H,23,25)(H,24,27). The molecule has 0 unspecified atom stereocenters. The molecule has 0 bridgehead atoms. The lowest BCUT2D eigenvalue weighted by molar-refractivity contribution is 0.0734. The number of anilines is 2. The third-order valence-electron chi connectivity index (χ3n) is 4.35. The number of carbonyl (C=O) groups is 2. The van der Waals surface area contributed by atoms with Gasteiger partial charge in [0.25, 0.3) is 5.91 Å². The van der Waals surface area contributed by atoms with E-state index < -0.39 is 5.97 Å². The van der Waals surface area contributed by atoms with Crippen LogP contribution in [0.25, 0.3) is 9.53 Å². The number of rotatable bonds is 8. The van der Waals surface area contributed by atoms with Crippen LogP contribution in [0.2, 0.25) is 0 Å². The van der Waals surface area contributed by atoms with Crippen molar-refractivity contribution in [1.29, 1.82) is 0 Å². The molecule has 0 fully saturated rings. The van der Waals surface area contributed by atoms with Crippen molar-refractivity contribution in [3.63, 3.8) is 0 Å². The van der Waals surface area contributed by atoms with Crippen LogP contribution in [0.15, 0.2) is 54.6 Å². The second-order valence-electron chi connectivity index (χ2n) is 6.55. The number of thiazole rings is 1. The highest BCUT2D eigenvalue weighted by atomic mass is 32.1. The molecule has 10 heteroatoms. The van der Waals surface area contributed by atoms with Crippen molar-refractivity contribution in [1.82, 2.24) is 4.98 Å². The van der Waals surface area contributed by atoms with Gasteiger partial charge in [0.05, 0.1) is 28.9 Å². The Balaban J connectivity index is 1.37. The van der Waals surface area contributed by atoms with Crippen LogP contribution in [0.5, 0.6) is 11.5 Å². The van der Waals surface area contributed by atoms with Crippen LogP contribution >= 0.6 is 22.7 Å². The van der Waals surface area contributed by atoms with Gasteiger partial charge < -0.3 is 25.2 Å². The summed E-state index contributed by atoms with van der Waals surface area (Å²) in [5.41, 5.74) is 0.925. The fraction of sp³-hybridized carbons (Fsp3) is 0.136. The number of aliphatic hydroxyl groups excluding tert-OH is 1. The molecule has 0 spiro atoms. The molecule has 0 saturated heterocycles. The minimum absolute atomic E-state index is 0.0267. The Morgan fingerprint density at radius 1 is 1.03 bits per heavy atom. The molecule has 32 heavy (non-hydrogen) atoms. The minimum atomic E-state index is -0.497. The Morgan fingerprint density at radius 3 is 2.41 bits per heavy atom. The molecule has 0 radical (unpaired) electrons. The summed E-state index contributed by atoms with van der Waals surface area (Å²) in [6, 6.07) is 15.0. The predicted octanol–water partition coefficient (Wildman–Crippen LogP) is 4.24. The van der Waals surface area contributed by atoms with Crippen molar-refractivity contribution in [2.24, 2.45) is 0 Å². The van der Waals surface area contributed by atoms with Gasteiger partial charge in [-0.3, -0.25) is 4.79 Å². The third kappa shape index (κ3) is 5.05. The van der Waals surface area contributed by atoms with Crippen molar-refractivity contribution in [2.45, 2.75) is 0 Å². The minimum Gasteiger partial charge on any atom is -0.497 e. The number of aliphatic hydroxyl groups is 1. The van der Waals surface area contributed by atoms with Gasteiger partial charge in [0.1, 0.15) is 16.3 Å². The number of carbonyl (C=O) groups excluding carboxylic acids is 2. The van der Waals surface area contributed by atoms with Gasteiger partial charge >= 0.3 is 5.97 Å². The highest BCUT2D eigenvalue weighted by Crippen LogP contribution is 2.33. The van der Waals surface area contributed by atoms with Gasteiger partial charge in [-0.2, -0.15) is 0 Å². The van der Waals surface area contributed by atoms with Crippen LogP contribution in [0, 0.1) is 0 Å². The van der Waals surface area contributed by atoms with Gasteiger partial charge in [-0.1, -0.05) is 11.3 Å². The normalized spacial score (nSPS) is 10.7. The van der Waals surface area contributed by atoms with Crippen LogP contribution in [-0.2, 0) is 0 Å². The van der Waals surface area contributed by atoms with Gasteiger partial charge in [0.15, 0.2) is 5.13 Å². The number of nitrogens with zero attached hydrogens (tertiary/aromatic N) is 1. The number of nitrogens with one attached hydrogen (secondary N) is 2. The Morgan fingerprint density at radius 2 is 1.75 bits per heavy atom. The summed E-state index contributed by atoms with van der Waals surface area (Å²) in [5, 5.41) is 15.4. The number of benzene rings is 2. The molecular formula is C22H19N3O5S2. The maximum atomic E-state index is 12.6. The number of amides is 1. The van der Waals surface area contributed by atoms with Crippen molar-refractivity contribution in [3.8, 4) is 11.5 Å². The second-order valence-corrected chi connectivity index (χ2v) is 8.61. The number of methoxy groups -OCH3 is 1. The van der Waals surface area contributed by atoms with E-state index in [1.807, 2.05) is 0 Å². The molecule has 0 aliphatic rings. The first-order valence-corrected chi connectivity index (χ1v) is 11.2. The zero-order valence-corrected chi connectivity index (χ0v) is 18.6. The number of ether oxygens (including phenoxy) is 2. The third-order valence-corrected chi connectivity index (χ3v) is 6.47. The molecule has 0 atom stereocenters. The number of esters is 1. The zero-order chi connectivity index (χ0) is 22.5. The average Bonchev–Trinajstić information content (AvgIpc) is 3.38. The molecule has 4 aromatic rings. The number of hydrogen-bond donors (Lipinski definition) is 3. The smallest absolute Gasteiger partial charge is 0.343 e. The van der Waals surface area contributed by atoms with Gasteiger partial charge in [-0.15, -0.1) is 11.3 Å². The summed E-state index contributed by atoms with van der Waals surface area (Å²) < 4.78 is 11.3. The summed E-state index contributed by atoms with van der Waals surface area (Å²) >= 11 is 2.72. The van der Waals surface area contributed by atoms with E-state index in [0.717, 1.165) is 9.53 Å². The Bertz CT molecular complexity index is 1200. The lowest BCUT2D eigenvalue weighted by Crippen LogP contribution is -2.11. The van der Waals surface area contributed by atoms with Crippen LogP contribution in [0.1, 0.15) is 20.0 Å². The maximum absolute atomic E-state index is 12.6. The zero-order valence-electron chi connectivity index (χ0n) is 17.0. The van der Waals surface area contributed by atoms with Gasteiger partial charge in [0, 0.05) is 12.2 Å². The number of thiophene rings is 1. The molecule has 2 aromatic heterocycles. The van der Waals surface area contributed by atoms with E-state index in [1.54, 1.807) is 61.7 Å². The Kier molecular flexibility index (Phi) is 6.64. The summed E-state index contributed by atoms with van der Waals surface area (Å²) in [7, 11) is 1.56. The van der Waals surface area contributed by atoms with E-state index in [0.29, 0.717) is 39.3 Å². The molecule has 0 aliphatic heterocycles. The average molecular weight is 470 g/mol. The van der Waals surface area contributed by atoms with Crippen molar-refractivity contribution < 1.29 is 24.2 Å². The Labute approximate surface area is 191 Å². The molecule has 164 valence electrons. The molecule has 2 heterocycles. The molecule has 1 amide bonds. The lowest BCUT2D eigenvalue weighted by Gasteiger charge is -2.07. The highest BCUT2D eigenvalue weighted by Gasteiger charge is 2.15. The van der Waals surface area contributed by atoms with Crippen molar-refractivity contribution in [3.05, 3.63) is 65.0 Å². The summed E-state index contributed by atoms with van der Waals surface area (Å²) in [6.45, 7) is 0.455. The molecule has 4 rings (SSSR count).